The van der Waals surface area contributed by atoms with Crippen LogP contribution < -0.4 is 0 Å². The molecule has 0 N–H and O–H groups in total. The SMILES string of the molecule is CCOC(=O)COCC=CCI. The van der Waals surface area contributed by atoms with Gasteiger partial charge in [-0.15, -0.1) is 0 Å². The summed E-state index contributed by atoms with van der Waals surface area (Å²) in [5, 5.41) is 0. The molecule has 0 aromatic rings. The van der Waals surface area contributed by atoms with Crippen molar-refractivity contribution < 1.29 is 14.3 Å². The molecule has 0 fully saturated rings. The lowest BCUT2D eigenvalue weighted by Crippen LogP contribution is -2.12. The van der Waals surface area contributed by atoms with E-state index in [-0.39, 0.29) is 12.6 Å². The second-order valence-electron chi connectivity index (χ2n) is 1.95. The van der Waals surface area contributed by atoms with Crippen LogP contribution in [0.4, 0.5) is 0 Å². The Morgan fingerprint density at radius 3 is 2.83 bits per heavy atom. The molecule has 0 rings (SSSR count). The van der Waals surface area contributed by atoms with Gasteiger partial charge in [-0.3, -0.25) is 0 Å². The largest absolute Gasteiger partial charge is 0.464 e. The Balaban J connectivity index is 3.19. The van der Waals surface area contributed by atoms with Crippen LogP contribution in [0.1, 0.15) is 6.92 Å². The fourth-order valence-corrected chi connectivity index (χ4v) is 0.904. The van der Waals surface area contributed by atoms with Gasteiger partial charge in [0.25, 0.3) is 0 Å². The first-order chi connectivity index (χ1) is 5.81. The fourth-order valence-electron chi connectivity index (χ4n) is 0.544. The van der Waals surface area contributed by atoms with Crippen LogP contribution in [0.25, 0.3) is 0 Å². The molecule has 0 radical (unpaired) electrons. The molecule has 0 aliphatic rings. The molecule has 0 aromatic carbocycles. The van der Waals surface area contributed by atoms with Gasteiger partial charge in [-0.1, -0.05) is 34.7 Å². The number of carbonyl (C=O) groups is 1. The monoisotopic (exact) mass is 284 g/mol. The van der Waals surface area contributed by atoms with Crippen molar-refractivity contribution in [2.45, 2.75) is 6.92 Å². The number of rotatable bonds is 6. The maximum atomic E-state index is 10.7. The molecule has 70 valence electrons. The fraction of sp³-hybridized carbons (Fsp3) is 0.625. The van der Waals surface area contributed by atoms with E-state index >= 15 is 0 Å². The molecule has 0 spiro atoms. The second kappa shape index (κ2) is 8.99. The number of hydrogen-bond acceptors (Lipinski definition) is 3. The van der Waals surface area contributed by atoms with Gasteiger partial charge in [0.1, 0.15) is 6.61 Å². The molecule has 0 unspecified atom stereocenters. The molecule has 0 aromatic heterocycles. The van der Waals surface area contributed by atoms with Crippen LogP contribution in [0.5, 0.6) is 0 Å². The Hall–Kier alpha value is -0.100. The van der Waals surface area contributed by atoms with Crippen LogP contribution in [0.15, 0.2) is 12.2 Å². The number of alkyl halides is 1. The minimum atomic E-state index is -0.305. The second-order valence-corrected chi connectivity index (χ2v) is 2.83. The van der Waals surface area contributed by atoms with Crippen molar-refractivity contribution in [1.29, 1.82) is 0 Å². The van der Waals surface area contributed by atoms with Gasteiger partial charge in [-0.25, -0.2) is 4.79 Å². The van der Waals surface area contributed by atoms with E-state index in [1.165, 1.54) is 0 Å². The average molecular weight is 284 g/mol. The van der Waals surface area contributed by atoms with E-state index in [9.17, 15) is 4.79 Å². The first-order valence-corrected chi connectivity index (χ1v) is 5.28. The lowest BCUT2D eigenvalue weighted by Gasteiger charge is -2.00. The quantitative estimate of drug-likeness (QED) is 0.244. The molecular formula is C8H13IO3. The van der Waals surface area contributed by atoms with Crippen LogP contribution >= 0.6 is 22.6 Å². The summed E-state index contributed by atoms with van der Waals surface area (Å²) in [6.07, 6.45) is 3.86. The van der Waals surface area contributed by atoms with Crippen molar-refractivity contribution >= 4 is 28.6 Å². The zero-order chi connectivity index (χ0) is 9.23. The van der Waals surface area contributed by atoms with Gasteiger partial charge in [0.05, 0.1) is 13.2 Å². The first kappa shape index (κ1) is 11.9. The number of hydrogen-bond donors (Lipinski definition) is 0. The normalized spacial score (nSPS) is 10.5. The van der Waals surface area contributed by atoms with E-state index in [2.05, 4.69) is 27.3 Å². The highest BCUT2D eigenvalue weighted by Gasteiger charge is 1.98. The predicted octanol–water partition coefficient (Wildman–Crippen LogP) is 1.56. The number of allylic oxidation sites excluding steroid dienone is 1. The van der Waals surface area contributed by atoms with E-state index in [1.54, 1.807) is 6.92 Å². The van der Waals surface area contributed by atoms with E-state index in [0.29, 0.717) is 13.2 Å². The van der Waals surface area contributed by atoms with E-state index in [1.807, 2.05) is 12.2 Å². The highest BCUT2D eigenvalue weighted by atomic mass is 127. The van der Waals surface area contributed by atoms with Crippen molar-refractivity contribution in [3.8, 4) is 0 Å². The third-order valence-electron chi connectivity index (χ3n) is 0.995. The predicted molar refractivity (Wildman–Crippen MR) is 55.5 cm³/mol. The third-order valence-corrected chi connectivity index (χ3v) is 1.50. The molecule has 3 nitrogen and oxygen atoms in total. The zero-order valence-electron chi connectivity index (χ0n) is 7.09. The number of esters is 1. The molecule has 0 atom stereocenters. The summed E-state index contributed by atoms with van der Waals surface area (Å²) in [6, 6.07) is 0. The molecule has 4 heteroatoms. The van der Waals surface area contributed by atoms with Gasteiger partial charge in [-0.05, 0) is 6.92 Å². The van der Waals surface area contributed by atoms with Gasteiger partial charge in [0.15, 0.2) is 0 Å². The van der Waals surface area contributed by atoms with E-state index in [0.717, 1.165) is 4.43 Å². The maximum Gasteiger partial charge on any atom is 0.332 e. The average Bonchev–Trinajstić information content (AvgIpc) is 2.05. The van der Waals surface area contributed by atoms with Crippen LogP contribution in [0, 0.1) is 0 Å². The highest BCUT2D eigenvalue weighted by molar-refractivity contribution is 14.1. The minimum Gasteiger partial charge on any atom is -0.464 e. The number of ether oxygens (including phenoxy) is 2. The van der Waals surface area contributed by atoms with Crippen LogP contribution in [0.2, 0.25) is 0 Å². The van der Waals surface area contributed by atoms with Crippen molar-refractivity contribution in [3.05, 3.63) is 12.2 Å². The van der Waals surface area contributed by atoms with Gasteiger partial charge < -0.3 is 9.47 Å². The summed E-state index contributed by atoms with van der Waals surface area (Å²) < 4.78 is 10.6. The van der Waals surface area contributed by atoms with Crippen molar-refractivity contribution in [2.24, 2.45) is 0 Å². The molecular weight excluding hydrogens is 271 g/mol. The van der Waals surface area contributed by atoms with Gasteiger partial charge in [-0.2, -0.15) is 0 Å². The van der Waals surface area contributed by atoms with E-state index < -0.39 is 0 Å². The molecule has 0 bridgehead atoms. The van der Waals surface area contributed by atoms with Crippen molar-refractivity contribution in [3.63, 3.8) is 0 Å². The summed E-state index contributed by atoms with van der Waals surface area (Å²) in [5.74, 6) is -0.305. The summed E-state index contributed by atoms with van der Waals surface area (Å²) in [7, 11) is 0. The standard InChI is InChI=1S/C8H13IO3/c1-2-12-8(10)7-11-6-4-3-5-9/h3-4H,2,5-7H2,1H3. The Morgan fingerprint density at radius 2 is 2.25 bits per heavy atom. The topological polar surface area (TPSA) is 35.5 Å². The minimum absolute atomic E-state index is 0.0411. The van der Waals surface area contributed by atoms with Crippen LogP contribution in [-0.2, 0) is 14.3 Å². The molecule has 0 amide bonds. The zero-order valence-corrected chi connectivity index (χ0v) is 9.24. The lowest BCUT2D eigenvalue weighted by atomic mass is 10.5. The van der Waals surface area contributed by atoms with E-state index in [4.69, 9.17) is 4.74 Å². The lowest BCUT2D eigenvalue weighted by molar-refractivity contribution is -0.147. The van der Waals surface area contributed by atoms with Gasteiger partial charge in [0, 0.05) is 4.43 Å². The van der Waals surface area contributed by atoms with Crippen LogP contribution in [-0.4, -0.2) is 30.2 Å². The molecule has 0 aliphatic heterocycles. The molecule has 0 saturated carbocycles. The Kier molecular flexibility index (Phi) is 8.92. The first-order valence-electron chi connectivity index (χ1n) is 3.75. The summed E-state index contributed by atoms with van der Waals surface area (Å²) in [5.41, 5.74) is 0. The number of carbonyl (C=O) groups excluding carboxylic acids is 1. The molecule has 12 heavy (non-hydrogen) atoms. The maximum absolute atomic E-state index is 10.7. The van der Waals surface area contributed by atoms with Crippen molar-refractivity contribution in [1.82, 2.24) is 0 Å². The number of halogens is 1. The third kappa shape index (κ3) is 8.00. The Morgan fingerprint density at radius 1 is 1.50 bits per heavy atom. The molecule has 0 heterocycles. The van der Waals surface area contributed by atoms with Gasteiger partial charge >= 0.3 is 5.97 Å². The van der Waals surface area contributed by atoms with Gasteiger partial charge in [0.2, 0.25) is 0 Å². The van der Waals surface area contributed by atoms with Crippen molar-refractivity contribution in [2.75, 3.05) is 24.2 Å². The molecule has 0 saturated heterocycles. The Labute approximate surface area is 86.3 Å². The Bertz CT molecular complexity index is 145. The summed E-state index contributed by atoms with van der Waals surface area (Å²) in [4.78, 5) is 10.7. The highest BCUT2D eigenvalue weighted by Crippen LogP contribution is 1.85. The molecule has 0 aliphatic carbocycles. The summed E-state index contributed by atoms with van der Waals surface area (Å²) >= 11 is 2.23. The summed E-state index contributed by atoms with van der Waals surface area (Å²) in [6.45, 7) is 2.70. The van der Waals surface area contributed by atoms with Crippen LogP contribution in [0.3, 0.4) is 0 Å². The smallest absolute Gasteiger partial charge is 0.332 e.